The Morgan fingerprint density at radius 1 is 0.704 bits per heavy atom. The molecule has 3 heteroatoms. The van der Waals surface area contributed by atoms with Gasteiger partial charge in [0, 0.05) is 19.5 Å². The van der Waals surface area contributed by atoms with Crippen LogP contribution in [-0.4, -0.2) is 49.4 Å². The molecule has 0 aliphatic rings. The molecule has 0 spiro atoms. The van der Waals surface area contributed by atoms with Crippen LogP contribution in [0.25, 0.3) is 0 Å². The molecule has 0 N–H and O–H groups in total. The van der Waals surface area contributed by atoms with Crippen molar-refractivity contribution in [1.29, 1.82) is 0 Å². The molecule has 0 fully saturated rings. The lowest BCUT2D eigenvalue weighted by Crippen LogP contribution is -2.37. The second-order valence-electron chi connectivity index (χ2n) is 8.66. The van der Waals surface area contributed by atoms with Gasteiger partial charge in [0.2, 0.25) is 5.91 Å². The van der Waals surface area contributed by atoms with E-state index >= 15 is 0 Å². The van der Waals surface area contributed by atoms with Crippen LogP contribution in [0.4, 0.5) is 0 Å². The normalized spacial score (nSPS) is 11.5. The Balaban J connectivity index is 4.54. The van der Waals surface area contributed by atoms with Crippen molar-refractivity contribution in [1.82, 2.24) is 9.80 Å². The van der Waals surface area contributed by atoms with Gasteiger partial charge in [-0.25, -0.2) is 0 Å². The molecule has 0 heterocycles. The van der Waals surface area contributed by atoms with Crippen molar-refractivity contribution >= 4 is 5.91 Å². The van der Waals surface area contributed by atoms with E-state index < -0.39 is 0 Å². The summed E-state index contributed by atoms with van der Waals surface area (Å²) in [7, 11) is 4.24. The van der Waals surface area contributed by atoms with Crippen LogP contribution in [0.2, 0.25) is 0 Å². The van der Waals surface area contributed by atoms with Gasteiger partial charge in [-0.05, 0) is 52.2 Å². The molecular formula is C24H50N2O. The summed E-state index contributed by atoms with van der Waals surface area (Å²) >= 11 is 0. The van der Waals surface area contributed by atoms with Crippen LogP contribution in [0.1, 0.15) is 111 Å². The molecule has 0 aromatic carbocycles. The number of amides is 1. The average Bonchev–Trinajstić information content (AvgIpc) is 2.65. The molecule has 1 amide bonds. The summed E-state index contributed by atoms with van der Waals surface area (Å²) in [5.41, 5.74) is 0. The van der Waals surface area contributed by atoms with Crippen LogP contribution in [0, 0.1) is 5.92 Å². The summed E-state index contributed by atoms with van der Waals surface area (Å²) in [6.45, 7) is 9.78. The van der Waals surface area contributed by atoms with E-state index in [1.165, 1.54) is 70.6 Å². The maximum Gasteiger partial charge on any atom is 0.222 e. The van der Waals surface area contributed by atoms with Crippen LogP contribution >= 0.6 is 0 Å². The molecule has 3 nitrogen and oxygen atoms in total. The van der Waals surface area contributed by atoms with E-state index in [1.807, 2.05) is 0 Å². The largest absolute Gasteiger partial charge is 0.342 e. The van der Waals surface area contributed by atoms with Gasteiger partial charge < -0.3 is 9.80 Å². The van der Waals surface area contributed by atoms with Gasteiger partial charge in [0.05, 0.1) is 0 Å². The molecule has 0 bridgehead atoms. The smallest absolute Gasteiger partial charge is 0.222 e. The van der Waals surface area contributed by atoms with Gasteiger partial charge in [-0.3, -0.25) is 4.79 Å². The summed E-state index contributed by atoms with van der Waals surface area (Å²) in [6.07, 6.45) is 17.0. The first-order valence-corrected chi connectivity index (χ1v) is 12.0. The van der Waals surface area contributed by atoms with Gasteiger partial charge in [-0.1, -0.05) is 78.6 Å². The van der Waals surface area contributed by atoms with E-state index in [0.29, 0.717) is 11.8 Å². The van der Waals surface area contributed by atoms with E-state index in [2.05, 4.69) is 44.7 Å². The fourth-order valence-electron chi connectivity index (χ4n) is 3.73. The topological polar surface area (TPSA) is 23.6 Å². The maximum absolute atomic E-state index is 12.9. The van der Waals surface area contributed by atoms with E-state index in [0.717, 1.165) is 38.9 Å². The molecule has 0 saturated carbocycles. The minimum atomic E-state index is 0.405. The van der Waals surface area contributed by atoms with E-state index in [9.17, 15) is 4.79 Å². The standard InChI is InChI=1S/C24H50N2O/c1-6-9-12-13-14-15-19-24(27)26(21-16-20-25(4)5)22-23(17-10-7-2)18-11-8-3/h23H,6-22H2,1-5H3. The van der Waals surface area contributed by atoms with Crippen LogP contribution < -0.4 is 0 Å². The zero-order valence-electron chi connectivity index (χ0n) is 19.4. The van der Waals surface area contributed by atoms with Gasteiger partial charge in [-0.2, -0.15) is 0 Å². The van der Waals surface area contributed by atoms with E-state index in [-0.39, 0.29) is 0 Å². The third kappa shape index (κ3) is 16.1. The van der Waals surface area contributed by atoms with E-state index in [4.69, 9.17) is 0 Å². The molecule has 162 valence electrons. The SMILES string of the molecule is CCCCCCCCC(=O)N(CCCN(C)C)CC(CCCC)CCCC. The molecular weight excluding hydrogens is 332 g/mol. The quantitative estimate of drug-likeness (QED) is 0.238. The first-order valence-electron chi connectivity index (χ1n) is 12.0. The number of carbonyl (C=O) groups excluding carboxylic acids is 1. The van der Waals surface area contributed by atoms with Gasteiger partial charge >= 0.3 is 0 Å². The number of hydrogen-bond donors (Lipinski definition) is 0. The Hall–Kier alpha value is -0.570. The number of nitrogens with zero attached hydrogens (tertiary/aromatic N) is 2. The minimum Gasteiger partial charge on any atom is -0.342 e. The second kappa shape index (κ2) is 18.8. The average molecular weight is 383 g/mol. The predicted molar refractivity (Wildman–Crippen MR) is 120 cm³/mol. The molecule has 0 aromatic heterocycles. The Kier molecular flexibility index (Phi) is 18.4. The highest BCUT2D eigenvalue weighted by molar-refractivity contribution is 5.76. The highest BCUT2D eigenvalue weighted by Gasteiger charge is 2.18. The van der Waals surface area contributed by atoms with Crippen molar-refractivity contribution < 1.29 is 4.79 Å². The highest BCUT2D eigenvalue weighted by atomic mass is 16.2. The predicted octanol–water partition coefficient (Wildman–Crippen LogP) is 6.51. The fourth-order valence-corrected chi connectivity index (χ4v) is 3.73. The van der Waals surface area contributed by atoms with Crippen LogP contribution in [0.3, 0.4) is 0 Å². The second-order valence-corrected chi connectivity index (χ2v) is 8.66. The third-order valence-corrected chi connectivity index (χ3v) is 5.54. The summed E-state index contributed by atoms with van der Waals surface area (Å²) in [5, 5.41) is 0. The van der Waals surface area contributed by atoms with Crippen molar-refractivity contribution in [2.24, 2.45) is 5.92 Å². The molecule has 0 rings (SSSR count). The van der Waals surface area contributed by atoms with Crippen molar-refractivity contribution in [3.05, 3.63) is 0 Å². The molecule has 0 saturated heterocycles. The van der Waals surface area contributed by atoms with E-state index in [1.54, 1.807) is 0 Å². The lowest BCUT2D eigenvalue weighted by molar-refractivity contribution is -0.132. The van der Waals surface area contributed by atoms with Gasteiger partial charge in [0.1, 0.15) is 0 Å². The monoisotopic (exact) mass is 382 g/mol. The van der Waals surface area contributed by atoms with Gasteiger partial charge in [-0.15, -0.1) is 0 Å². The van der Waals surface area contributed by atoms with Gasteiger partial charge in [0.15, 0.2) is 0 Å². The van der Waals surface area contributed by atoms with Crippen LogP contribution in [-0.2, 0) is 4.79 Å². The third-order valence-electron chi connectivity index (χ3n) is 5.54. The minimum absolute atomic E-state index is 0.405. The van der Waals surface area contributed by atoms with Crippen molar-refractivity contribution in [3.63, 3.8) is 0 Å². The summed E-state index contributed by atoms with van der Waals surface area (Å²) in [5.74, 6) is 1.10. The van der Waals surface area contributed by atoms with Crippen LogP contribution in [0.15, 0.2) is 0 Å². The molecule has 0 aliphatic carbocycles. The molecule has 0 aliphatic heterocycles. The number of unbranched alkanes of at least 4 members (excludes halogenated alkanes) is 7. The summed E-state index contributed by atoms with van der Waals surface area (Å²) in [4.78, 5) is 17.3. The maximum atomic E-state index is 12.9. The fraction of sp³-hybridized carbons (Fsp3) is 0.958. The summed E-state index contributed by atoms with van der Waals surface area (Å²) < 4.78 is 0. The van der Waals surface area contributed by atoms with Crippen molar-refractivity contribution in [3.8, 4) is 0 Å². The Morgan fingerprint density at radius 3 is 1.81 bits per heavy atom. The van der Waals surface area contributed by atoms with Crippen LogP contribution in [0.5, 0.6) is 0 Å². The molecule has 0 unspecified atom stereocenters. The lowest BCUT2D eigenvalue weighted by Gasteiger charge is -2.28. The zero-order valence-corrected chi connectivity index (χ0v) is 19.4. The van der Waals surface area contributed by atoms with Gasteiger partial charge in [0.25, 0.3) is 0 Å². The Bertz CT molecular complexity index is 322. The van der Waals surface area contributed by atoms with Crippen molar-refractivity contribution in [2.75, 3.05) is 33.7 Å². The Labute approximate surface area is 171 Å². The number of carbonyl (C=O) groups is 1. The summed E-state index contributed by atoms with van der Waals surface area (Å²) in [6, 6.07) is 0. The Morgan fingerprint density at radius 2 is 1.26 bits per heavy atom. The first-order chi connectivity index (χ1) is 13.0. The highest BCUT2D eigenvalue weighted by Crippen LogP contribution is 2.19. The first kappa shape index (κ1) is 26.4. The van der Waals surface area contributed by atoms with Crippen molar-refractivity contribution in [2.45, 2.75) is 111 Å². The molecule has 27 heavy (non-hydrogen) atoms. The molecule has 0 radical (unpaired) electrons. The molecule has 0 atom stereocenters. The zero-order chi connectivity index (χ0) is 20.3. The number of rotatable bonds is 19. The number of hydrogen-bond acceptors (Lipinski definition) is 2. The molecule has 0 aromatic rings. The lowest BCUT2D eigenvalue weighted by atomic mass is 9.95.